The summed E-state index contributed by atoms with van der Waals surface area (Å²) in [4.78, 5) is 28.7. The van der Waals surface area contributed by atoms with Crippen LogP contribution < -0.4 is 10.6 Å². The predicted molar refractivity (Wildman–Crippen MR) is 117 cm³/mol. The lowest BCUT2D eigenvalue weighted by Gasteiger charge is -2.07. The first-order valence-corrected chi connectivity index (χ1v) is 10.6. The monoisotopic (exact) mass is 475 g/mol. The smallest absolute Gasteiger partial charge is 0.252 e. The first-order valence-electron chi connectivity index (χ1n) is 8.90. The maximum absolute atomic E-state index is 13.3. The van der Waals surface area contributed by atoms with Crippen molar-refractivity contribution in [2.24, 2.45) is 0 Å². The Labute approximate surface area is 180 Å². The summed E-state index contributed by atoms with van der Waals surface area (Å²) < 4.78 is 13.8. The highest BCUT2D eigenvalue weighted by Crippen LogP contribution is 2.26. The summed E-state index contributed by atoms with van der Waals surface area (Å²) in [6.07, 6.45) is 0.0806. The summed E-state index contributed by atoms with van der Waals surface area (Å²) >= 11 is 4.56. The molecule has 1 heterocycles. The molecule has 0 aliphatic carbocycles. The molecule has 0 aliphatic rings. The molecular formula is C21H19BrFN3O2S. The zero-order chi connectivity index (χ0) is 21.0. The number of halogens is 2. The number of hydrogen-bond acceptors (Lipinski definition) is 4. The Morgan fingerprint density at radius 2 is 1.93 bits per heavy atom. The fraction of sp³-hybridized carbons (Fsp3) is 0.190. The summed E-state index contributed by atoms with van der Waals surface area (Å²) in [5.74, 6) is -1.21. The van der Waals surface area contributed by atoms with E-state index < -0.39 is 11.7 Å². The molecule has 2 amide bonds. The quantitative estimate of drug-likeness (QED) is 0.521. The molecule has 0 unspecified atom stereocenters. The lowest BCUT2D eigenvalue weighted by Crippen LogP contribution is -2.28. The Balaban J connectivity index is 1.52. The van der Waals surface area contributed by atoms with Crippen LogP contribution in [0.1, 0.15) is 27.9 Å². The van der Waals surface area contributed by atoms with Gasteiger partial charge in [0.25, 0.3) is 5.91 Å². The number of aryl methyl sites for hydroxylation is 2. The van der Waals surface area contributed by atoms with Crippen LogP contribution in [0.25, 0.3) is 11.3 Å². The molecule has 0 aliphatic heterocycles. The summed E-state index contributed by atoms with van der Waals surface area (Å²) in [6.45, 7) is 4.23. The zero-order valence-electron chi connectivity index (χ0n) is 15.9. The molecule has 0 saturated heterocycles. The van der Waals surface area contributed by atoms with Crippen molar-refractivity contribution < 1.29 is 14.0 Å². The Hall–Kier alpha value is -2.58. The summed E-state index contributed by atoms with van der Waals surface area (Å²) in [6, 6.07) is 9.98. The third-order valence-electron chi connectivity index (χ3n) is 4.36. The van der Waals surface area contributed by atoms with Crippen LogP contribution in [-0.2, 0) is 4.79 Å². The number of carbonyl (C=O) groups is 2. The molecule has 2 aromatic carbocycles. The first-order chi connectivity index (χ1) is 13.8. The number of nitrogens with zero attached hydrogens (tertiary/aromatic N) is 1. The van der Waals surface area contributed by atoms with Crippen LogP contribution in [0, 0.1) is 19.7 Å². The van der Waals surface area contributed by atoms with Gasteiger partial charge in [-0.1, -0.05) is 12.1 Å². The number of benzene rings is 2. The number of carbonyl (C=O) groups excluding carboxylic acids is 2. The van der Waals surface area contributed by atoms with Crippen molar-refractivity contribution in [3.05, 3.63) is 68.8 Å². The number of anilines is 1. The molecule has 1 aromatic heterocycles. The van der Waals surface area contributed by atoms with Crippen LogP contribution >= 0.6 is 27.3 Å². The Morgan fingerprint density at radius 1 is 1.14 bits per heavy atom. The van der Waals surface area contributed by atoms with Gasteiger partial charge in [0, 0.05) is 28.4 Å². The molecule has 0 bridgehead atoms. The van der Waals surface area contributed by atoms with Crippen LogP contribution in [0.3, 0.4) is 0 Å². The number of hydrogen-bond donors (Lipinski definition) is 2. The van der Waals surface area contributed by atoms with Gasteiger partial charge in [0.15, 0.2) is 5.13 Å². The van der Waals surface area contributed by atoms with Crippen LogP contribution in [0.15, 0.2) is 46.3 Å². The largest absolute Gasteiger partial charge is 0.351 e. The SMILES string of the molecule is Cc1ccc(-c2csc(NC(=O)CCNC(=O)c3cc(F)ccc3Br)n2)cc1C. The molecule has 3 rings (SSSR count). The van der Waals surface area contributed by atoms with E-state index in [1.165, 1.54) is 34.6 Å². The first kappa shape index (κ1) is 21.1. The van der Waals surface area contributed by atoms with Crippen molar-refractivity contribution in [3.8, 4) is 11.3 Å². The van der Waals surface area contributed by atoms with Crippen molar-refractivity contribution in [2.75, 3.05) is 11.9 Å². The molecule has 0 radical (unpaired) electrons. The van der Waals surface area contributed by atoms with Crippen molar-refractivity contribution in [1.82, 2.24) is 10.3 Å². The number of aromatic nitrogens is 1. The molecule has 2 N–H and O–H groups in total. The molecule has 3 aromatic rings. The highest BCUT2D eigenvalue weighted by molar-refractivity contribution is 9.10. The Kier molecular flexibility index (Phi) is 6.76. The van der Waals surface area contributed by atoms with Gasteiger partial charge in [-0.15, -0.1) is 11.3 Å². The maximum Gasteiger partial charge on any atom is 0.252 e. The molecule has 150 valence electrons. The van der Waals surface area contributed by atoms with Gasteiger partial charge in [0.05, 0.1) is 11.3 Å². The van der Waals surface area contributed by atoms with Gasteiger partial charge in [-0.3, -0.25) is 9.59 Å². The summed E-state index contributed by atoms with van der Waals surface area (Å²) in [7, 11) is 0. The lowest BCUT2D eigenvalue weighted by atomic mass is 10.1. The third-order valence-corrected chi connectivity index (χ3v) is 5.81. The van der Waals surface area contributed by atoms with Crippen molar-refractivity contribution in [2.45, 2.75) is 20.3 Å². The van der Waals surface area contributed by atoms with Crippen LogP contribution in [-0.4, -0.2) is 23.3 Å². The number of amides is 2. The van der Waals surface area contributed by atoms with Crippen LogP contribution in [0.4, 0.5) is 9.52 Å². The fourth-order valence-corrected chi connectivity index (χ4v) is 3.77. The highest BCUT2D eigenvalue weighted by Gasteiger charge is 2.13. The van der Waals surface area contributed by atoms with Gasteiger partial charge in [-0.05, 0) is 65.2 Å². The van der Waals surface area contributed by atoms with Gasteiger partial charge in [0.2, 0.25) is 5.91 Å². The molecule has 29 heavy (non-hydrogen) atoms. The summed E-state index contributed by atoms with van der Waals surface area (Å²) in [5, 5.41) is 7.75. The third kappa shape index (κ3) is 5.48. The Morgan fingerprint density at radius 3 is 2.69 bits per heavy atom. The number of thiazole rings is 1. The fourth-order valence-electron chi connectivity index (χ4n) is 2.60. The minimum Gasteiger partial charge on any atom is -0.351 e. The predicted octanol–water partition coefficient (Wildman–Crippen LogP) is 5.09. The maximum atomic E-state index is 13.3. The van der Waals surface area contributed by atoms with E-state index in [1.54, 1.807) is 0 Å². The normalized spacial score (nSPS) is 10.6. The molecule has 0 saturated carbocycles. The van der Waals surface area contributed by atoms with Crippen LogP contribution in [0.2, 0.25) is 0 Å². The standard InChI is InChI=1S/C21H19BrFN3O2S/c1-12-3-4-14(9-13(12)2)18-11-29-21(25-18)26-19(27)7-8-24-20(28)16-10-15(23)5-6-17(16)22/h3-6,9-11H,7-8H2,1-2H3,(H,24,28)(H,25,26,27). The van der Waals surface area contributed by atoms with Gasteiger partial charge < -0.3 is 10.6 Å². The summed E-state index contributed by atoms with van der Waals surface area (Å²) in [5.41, 5.74) is 4.38. The minimum atomic E-state index is -0.501. The molecule has 0 spiro atoms. The van der Waals surface area contributed by atoms with Crippen molar-refractivity contribution in [3.63, 3.8) is 0 Å². The lowest BCUT2D eigenvalue weighted by molar-refractivity contribution is -0.116. The van der Waals surface area contributed by atoms with E-state index in [0.717, 1.165) is 17.3 Å². The van der Waals surface area contributed by atoms with E-state index in [0.29, 0.717) is 9.60 Å². The topological polar surface area (TPSA) is 71.1 Å². The van der Waals surface area contributed by atoms with Crippen molar-refractivity contribution in [1.29, 1.82) is 0 Å². The van der Waals surface area contributed by atoms with E-state index >= 15 is 0 Å². The second-order valence-corrected chi connectivity index (χ2v) is 8.23. The molecule has 5 nitrogen and oxygen atoms in total. The van der Waals surface area contributed by atoms with Gasteiger partial charge in [-0.25, -0.2) is 9.37 Å². The number of nitrogens with one attached hydrogen (secondary N) is 2. The van der Waals surface area contributed by atoms with E-state index in [1.807, 2.05) is 24.4 Å². The zero-order valence-corrected chi connectivity index (χ0v) is 18.3. The van der Waals surface area contributed by atoms with Gasteiger partial charge in [0.1, 0.15) is 5.82 Å². The average Bonchev–Trinajstić information content (AvgIpc) is 3.14. The second-order valence-electron chi connectivity index (χ2n) is 6.52. The second kappa shape index (κ2) is 9.28. The molecular weight excluding hydrogens is 457 g/mol. The van der Waals surface area contributed by atoms with E-state index in [4.69, 9.17) is 0 Å². The van der Waals surface area contributed by atoms with E-state index in [9.17, 15) is 14.0 Å². The molecule has 0 atom stereocenters. The van der Waals surface area contributed by atoms with Crippen LogP contribution in [0.5, 0.6) is 0 Å². The minimum absolute atomic E-state index is 0.0806. The average molecular weight is 476 g/mol. The van der Waals surface area contributed by atoms with Crippen molar-refractivity contribution >= 4 is 44.2 Å². The Bertz CT molecular complexity index is 1070. The molecule has 0 fully saturated rings. The van der Waals surface area contributed by atoms with Gasteiger partial charge >= 0.3 is 0 Å². The van der Waals surface area contributed by atoms with Gasteiger partial charge in [-0.2, -0.15) is 0 Å². The van der Waals surface area contributed by atoms with E-state index in [-0.39, 0.29) is 24.4 Å². The number of rotatable bonds is 6. The molecule has 8 heteroatoms. The van der Waals surface area contributed by atoms with E-state index in [2.05, 4.69) is 44.5 Å². The highest BCUT2D eigenvalue weighted by atomic mass is 79.9.